The van der Waals surface area contributed by atoms with Crippen LogP contribution in [-0.4, -0.2) is 15.0 Å². The number of benzene rings is 7. The van der Waals surface area contributed by atoms with Gasteiger partial charge in [0.15, 0.2) is 0 Å². The predicted molar refractivity (Wildman–Crippen MR) is 192 cm³/mol. The number of hydrogen-bond acceptors (Lipinski definition) is 3. The summed E-state index contributed by atoms with van der Waals surface area (Å²) in [4.78, 5) is 15.0. The Morgan fingerprint density at radius 2 is 0.913 bits per heavy atom. The van der Waals surface area contributed by atoms with Crippen LogP contribution >= 0.6 is 0 Å². The molecular formula is C43H25N3. The molecule has 3 nitrogen and oxygen atoms in total. The van der Waals surface area contributed by atoms with Crippen molar-refractivity contribution in [2.75, 3.05) is 0 Å². The highest BCUT2D eigenvalue weighted by atomic mass is 14.8. The van der Waals surface area contributed by atoms with E-state index in [-0.39, 0.29) is 0 Å². The fourth-order valence-electron chi connectivity index (χ4n) is 7.20. The Labute approximate surface area is 264 Å². The second-order valence-corrected chi connectivity index (χ2v) is 12.1. The van der Waals surface area contributed by atoms with Crippen molar-refractivity contribution in [2.45, 2.75) is 0 Å². The van der Waals surface area contributed by atoms with Gasteiger partial charge in [-0.25, -0.2) is 9.97 Å². The fourth-order valence-corrected chi connectivity index (χ4v) is 7.20. The first-order valence-electron chi connectivity index (χ1n) is 15.6. The summed E-state index contributed by atoms with van der Waals surface area (Å²) in [6, 6.07) is 49.8. The van der Waals surface area contributed by atoms with Crippen LogP contribution in [0.15, 0.2) is 152 Å². The predicted octanol–water partition coefficient (Wildman–Crippen LogP) is 11.2. The van der Waals surface area contributed by atoms with Gasteiger partial charge in [-0.05, 0) is 55.4 Å². The number of nitrogens with zero attached hydrogens (tertiary/aromatic N) is 3. The molecule has 3 aromatic heterocycles. The highest BCUT2D eigenvalue weighted by Crippen LogP contribution is 2.39. The van der Waals surface area contributed by atoms with E-state index in [0.29, 0.717) is 0 Å². The maximum atomic E-state index is 5.30. The molecule has 0 bridgehead atoms. The van der Waals surface area contributed by atoms with Crippen molar-refractivity contribution >= 4 is 64.9 Å². The molecule has 0 saturated carbocycles. The first-order valence-corrected chi connectivity index (χ1v) is 15.6. The molecule has 0 N–H and O–H groups in total. The van der Waals surface area contributed by atoms with Gasteiger partial charge in [-0.3, -0.25) is 4.98 Å². The molecule has 0 amide bonds. The summed E-state index contributed by atoms with van der Waals surface area (Å²) < 4.78 is 0. The van der Waals surface area contributed by atoms with Crippen molar-refractivity contribution < 1.29 is 0 Å². The van der Waals surface area contributed by atoms with Crippen molar-refractivity contribution in [1.29, 1.82) is 0 Å². The molecule has 46 heavy (non-hydrogen) atoms. The van der Waals surface area contributed by atoms with Gasteiger partial charge in [-0.15, -0.1) is 0 Å². The van der Waals surface area contributed by atoms with Crippen LogP contribution < -0.4 is 0 Å². The molecule has 0 aliphatic rings. The van der Waals surface area contributed by atoms with Crippen molar-refractivity contribution in [1.82, 2.24) is 15.0 Å². The molecular weight excluding hydrogens is 558 g/mol. The third-order valence-corrected chi connectivity index (χ3v) is 9.48. The molecule has 0 saturated heterocycles. The quantitative estimate of drug-likeness (QED) is 0.194. The summed E-state index contributed by atoms with van der Waals surface area (Å²) >= 11 is 0. The first kappa shape index (κ1) is 25.2. The summed E-state index contributed by atoms with van der Waals surface area (Å²) in [7, 11) is 0. The van der Waals surface area contributed by atoms with Crippen LogP contribution in [0.25, 0.3) is 98.5 Å². The van der Waals surface area contributed by atoms with Gasteiger partial charge >= 0.3 is 0 Å². The van der Waals surface area contributed by atoms with E-state index in [1.165, 1.54) is 37.7 Å². The molecule has 0 spiro atoms. The zero-order valence-corrected chi connectivity index (χ0v) is 24.8. The van der Waals surface area contributed by atoms with Crippen LogP contribution in [0.2, 0.25) is 0 Å². The van der Waals surface area contributed by atoms with Crippen molar-refractivity contribution in [3.63, 3.8) is 0 Å². The normalized spacial score (nSPS) is 11.9. The molecule has 3 heterocycles. The molecule has 212 valence electrons. The van der Waals surface area contributed by atoms with E-state index >= 15 is 0 Å². The lowest BCUT2D eigenvalue weighted by Crippen LogP contribution is -1.92. The van der Waals surface area contributed by atoms with Crippen LogP contribution in [-0.2, 0) is 0 Å². The number of hydrogen-bond donors (Lipinski definition) is 0. The average Bonchev–Trinajstić information content (AvgIpc) is 3.13. The largest absolute Gasteiger partial charge is 0.263 e. The molecule has 0 atom stereocenters. The molecule has 0 radical (unpaired) electrons. The van der Waals surface area contributed by atoms with Gasteiger partial charge in [-0.1, -0.05) is 127 Å². The van der Waals surface area contributed by atoms with E-state index in [0.717, 1.165) is 60.8 Å². The lowest BCUT2D eigenvalue weighted by atomic mass is 9.91. The lowest BCUT2D eigenvalue weighted by Gasteiger charge is -2.14. The van der Waals surface area contributed by atoms with Gasteiger partial charge in [-0.2, -0.15) is 0 Å². The van der Waals surface area contributed by atoms with Crippen LogP contribution in [0.1, 0.15) is 0 Å². The minimum Gasteiger partial charge on any atom is -0.263 e. The lowest BCUT2D eigenvalue weighted by molar-refractivity contribution is 1.36. The van der Waals surface area contributed by atoms with E-state index in [2.05, 4.69) is 145 Å². The third-order valence-electron chi connectivity index (χ3n) is 9.48. The maximum Gasteiger partial charge on any atom is 0.0972 e. The summed E-state index contributed by atoms with van der Waals surface area (Å²) in [5.74, 6) is 0. The van der Waals surface area contributed by atoms with Gasteiger partial charge in [0.2, 0.25) is 0 Å². The molecule has 0 aliphatic carbocycles. The smallest absolute Gasteiger partial charge is 0.0972 e. The van der Waals surface area contributed by atoms with Crippen LogP contribution in [0.5, 0.6) is 0 Å². The third kappa shape index (κ3) is 3.75. The highest BCUT2D eigenvalue weighted by molar-refractivity contribution is 6.25. The summed E-state index contributed by atoms with van der Waals surface area (Å²) in [5.41, 5.74) is 8.19. The van der Waals surface area contributed by atoms with Crippen LogP contribution in [0, 0.1) is 0 Å². The van der Waals surface area contributed by atoms with Crippen LogP contribution in [0.4, 0.5) is 0 Å². The standard InChI is InChI=1S/C43H25N3/c1-2-7-34-33(4-1)24-44-25-37(34)26-8-10-27(11-9-26)38-22-18-31-14-15-32-19-23-39(46-43(32)42(31)45-38)35-20-16-30-13-12-28-5-3-6-29-17-21-36(35)41(30)40(28)29/h1-25H. The Bertz CT molecular complexity index is 2780. The molecule has 10 aromatic rings. The SMILES string of the molecule is c1ccc2c(-c3ccc(-c4ccc5ccc6ccc(-c7ccc8ccc9cccc%10ccc7c8c9%10)nc6c5n4)cc3)cncc2c1. The molecule has 0 fully saturated rings. The fraction of sp³-hybridized carbons (Fsp3) is 0. The average molecular weight is 584 g/mol. The monoisotopic (exact) mass is 583 g/mol. The Morgan fingerprint density at radius 3 is 1.72 bits per heavy atom. The molecule has 3 heteroatoms. The Kier molecular flexibility index (Phi) is 5.28. The molecule has 10 rings (SSSR count). The van der Waals surface area contributed by atoms with Crippen LogP contribution in [0.3, 0.4) is 0 Å². The first-order chi connectivity index (χ1) is 22.8. The summed E-state index contributed by atoms with van der Waals surface area (Å²) in [6.07, 6.45) is 3.86. The van der Waals surface area contributed by atoms with E-state index in [4.69, 9.17) is 9.97 Å². The Hall–Kier alpha value is -6.19. The van der Waals surface area contributed by atoms with E-state index in [9.17, 15) is 0 Å². The zero-order chi connectivity index (χ0) is 30.2. The van der Waals surface area contributed by atoms with Crippen molar-refractivity contribution in [3.8, 4) is 33.6 Å². The van der Waals surface area contributed by atoms with Gasteiger partial charge in [0.05, 0.1) is 22.4 Å². The Balaban J connectivity index is 1.11. The minimum atomic E-state index is 0.914. The summed E-state index contributed by atoms with van der Waals surface area (Å²) in [5, 5.41) is 12.1. The number of fused-ring (bicyclic) bond motifs is 4. The number of pyridine rings is 3. The van der Waals surface area contributed by atoms with E-state index in [1.54, 1.807) is 0 Å². The maximum absolute atomic E-state index is 5.30. The highest BCUT2D eigenvalue weighted by Gasteiger charge is 2.14. The minimum absolute atomic E-state index is 0.914. The number of rotatable bonds is 3. The van der Waals surface area contributed by atoms with E-state index < -0.39 is 0 Å². The molecule has 0 unspecified atom stereocenters. The molecule has 7 aromatic carbocycles. The topological polar surface area (TPSA) is 38.7 Å². The zero-order valence-electron chi connectivity index (χ0n) is 24.8. The van der Waals surface area contributed by atoms with Crippen molar-refractivity contribution in [2.24, 2.45) is 0 Å². The second-order valence-electron chi connectivity index (χ2n) is 12.1. The summed E-state index contributed by atoms with van der Waals surface area (Å²) in [6.45, 7) is 0. The van der Waals surface area contributed by atoms with Gasteiger partial charge in [0.25, 0.3) is 0 Å². The second kappa shape index (κ2) is 9.65. The van der Waals surface area contributed by atoms with Gasteiger partial charge < -0.3 is 0 Å². The van der Waals surface area contributed by atoms with Gasteiger partial charge in [0, 0.05) is 45.2 Å². The van der Waals surface area contributed by atoms with Gasteiger partial charge in [0.1, 0.15) is 0 Å². The van der Waals surface area contributed by atoms with E-state index in [1.807, 2.05) is 12.4 Å². The Morgan fingerprint density at radius 1 is 0.326 bits per heavy atom. The van der Waals surface area contributed by atoms with Crippen molar-refractivity contribution in [3.05, 3.63) is 152 Å². The molecule has 0 aliphatic heterocycles. The number of aromatic nitrogens is 3.